The second-order valence-corrected chi connectivity index (χ2v) is 4.06. The van der Waals surface area contributed by atoms with Crippen LogP contribution in [0.2, 0.25) is 5.02 Å². The third-order valence-corrected chi connectivity index (χ3v) is 3.41. The number of halogens is 1. The normalized spacial score (nSPS) is 21.3. The molecule has 0 bridgehead atoms. The molecule has 0 unspecified atom stereocenters. The monoisotopic (exact) mass is 189 g/mol. The highest BCUT2D eigenvalue weighted by molar-refractivity contribution is 7.10. The molecule has 60 valence electrons. The van der Waals surface area contributed by atoms with E-state index in [2.05, 4.69) is 5.32 Å². The van der Waals surface area contributed by atoms with Crippen LogP contribution >= 0.6 is 22.9 Å². The van der Waals surface area contributed by atoms with Crippen molar-refractivity contribution in [2.45, 2.75) is 5.60 Å². The van der Waals surface area contributed by atoms with Crippen LogP contribution in [0.15, 0.2) is 11.4 Å². The first-order chi connectivity index (χ1) is 5.22. The van der Waals surface area contributed by atoms with Gasteiger partial charge in [0.1, 0.15) is 5.60 Å². The average Bonchev–Trinajstić information content (AvgIpc) is 2.30. The lowest BCUT2D eigenvalue weighted by Gasteiger charge is -2.36. The number of aliphatic hydroxyl groups is 1. The summed E-state index contributed by atoms with van der Waals surface area (Å²) in [4.78, 5) is 0.887. The van der Waals surface area contributed by atoms with Gasteiger partial charge in [0.15, 0.2) is 0 Å². The molecule has 0 aromatic carbocycles. The summed E-state index contributed by atoms with van der Waals surface area (Å²) in [6.07, 6.45) is 0. The largest absolute Gasteiger partial charge is 0.382 e. The van der Waals surface area contributed by atoms with Crippen molar-refractivity contribution in [3.63, 3.8) is 0 Å². The Labute approximate surface area is 73.8 Å². The first-order valence-corrected chi connectivity index (χ1v) is 4.65. The van der Waals surface area contributed by atoms with Gasteiger partial charge in [0.25, 0.3) is 0 Å². The molecule has 2 N–H and O–H groups in total. The molecular formula is C7H8ClNOS. The molecule has 0 radical (unpaired) electrons. The molecule has 1 fully saturated rings. The van der Waals surface area contributed by atoms with Crippen LogP contribution in [0, 0.1) is 0 Å². The first-order valence-electron chi connectivity index (χ1n) is 3.39. The summed E-state index contributed by atoms with van der Waals surface area (Å²) in [6.45, 7) is 1.24. The predicted octanol–water partition coefficient (Wildman–Crippen LogP) is 1.19. The molecule has 11 heavy (non-hydrogen) atoms. The molecule has 1 aliphatic rings. The molecule has 1 aromatic heterocycles. The van der Waals surface area contributed by atoms with Gasteiger partial charge in [-0.05, 0) is 11.4 Å². The van der Waals surface area contributed by atoms with Crippen LogP contribution in [-0.4, -0.2) is 18.2 Å². The highest BCUT2D eigenvalue weighted by Crippen LogP contribution is 2.35. The van der Waals surface area contributed by atoms with E-state index in [0.717, 1.165) is 4.88 Å². The van der Waals surface area contributed by atoms with E-state index in [1.165, 1.54) is 11.3 Å². The highest BCUT2D eigenvalue weighted by atomic mass is 35.5. The van der Waals surface area contributed by atoms with Crippen molar-refractivity contribution >= 4 is 22.9 Å². The zero-order chi connectivity index (χ0) is 7.90. The molecule has 2 rings (SSSR count). The topological polar surface area (TPSA) is 32.3 Å². The Balaban J connectivity index is 2.35. The van der Waals surface area contributed by atoms with Crippen molar-refractivity contribution in [1.29, 1.82) is 0 Å². The average molecular weight is 190 g/mol. The third kappa shape index (κ3) is 1.08. The zero-order valence-electron chi connectivity index (χ0n) is 5.80. The summed E-state index contributed by atoms with van der Waals surface area (Å²) in [5, 5.41) is 15.4. The Kier molecular flexibility index (Phi) is 1.68. The lowest BCUT2D eigenvalue weighted by atomic mass is 9.95. The Morgan fingerprint density at radius 3 is 2.73 bits per heavy atom. The van der Waals surface area contributed by atoms with Crippen molar-refractivity contribution in [3.05, 3.63) is 21.3 Å². The Bertz CT molecular complexity index is 269. The van der Waals surface area contributed by atoms with Crippen molar-refractivity contribution in [3.8, 4) is 0 Å². The molecule has 2 nitrogen and oxygen atoms in total. The molecule has 2 heterocycles. The zero-order valence-corrected chi connectivity index (χ0v) is 7.37. The van der Waals surface area contributed by atoms with Crippen LogP contribution in [0.4, 0.5) is 0 Å². The summed E-state index contributed by atoms with van der Waals surface area (Å²) in [5.74, 6) is 0. The molecule has 1 aromatic rings. The fourth-order valence-corrected chi connectivity index (χ4v) is 2.48. The Hall–Kier alpha value is -0.0900. The van der Waals surface area contributed by atoms with Gasteiger partial charge >= 0.3 is 0 Å². The number of nitrogens with one attached hydrogen (secondary N) is 1. The van der Waals surface area contributed by atoms with Gasteiger partial charge in [-0.2, -0.15) is 0 Å². The maximum atomic E-state index is 9.81. The van der Waals surface area contributed by atoms with Crippen molar-refractivity contribution in [2.24, 2.45) is 0 Å². The minimum Gasteiger partial charge on any atom is -0.382 e. The number of hydrogen-bond donors (Lipinski definition) is 2. The molecule has 0 saturated carbocycles. The van der Waals surface area contributed by atoms with Crippen LogP contribution in [-0.2, 0) is 5.60 Å². The van der Waals surface area contributed by atoms with Gasteiger partial charge in [-0.25, -0.2) is 0 Å². The summed E-state index contributed by atoms with van der Waals surface area (Å²) in [5.41, 5.74) is -0.689. The molecule has 0 amide bonds. The van der Waals surface area contributed by atoms with Crippen molar-refractivity contribution < 1.29 is 5.11 Å². The minimum atomic E-state index is -0.689. The van der Waals surface area contributed by atoms with E-state index in [-0.39, 0.29) is 0 Å². The van der Waals surface area contributed by atoms with Crippen LogP contribution in [0.3, 0.4) is 0 Å². The van der Waals surface area contributed by atoms with E-state index in [4.69, 9.17) is 11.6 Å². The lowest BCUT2D eigenvalue weighted by Crippen LogP contribution is -2.56. The Morgan fingerprint density at radius 1 is 1.64 bits per heavy atom. The number of hydrogen-bond acceptors (Lipinski definition) is 3. The fourth-order valence-electron chi connectivity index (χ4n) is 1.15. The number of β-amino-alcohol motifs (C(OH)–C–C–N with tert-alkyl or cyclic N) is 1. The Morgan fingerprint density at radius 2 is 2.36 bits per heavy atom. The fraction of sp³-hybridized carbons (Fsp3) is 0.429. The van der Waals surface area contributed by atoms with Gasteiger partial charge in [0.05, 0.1) is 9.90 Å². The van der Waals surface area contributed by atoms with E-state index in [1.54, 1.807) is 0 Å². The van der Waals surface area contributed by atoms with E-state index in [1.807, 2.05) is 11.4 Å². The van der Waals surface area contributed by atoms with Gasteiger partial charge in [-0.3, -0.25) is 0 Å². The first kappa shape index (κ1) is 7.55. The minimum absolute atomic E-state index is 0.618. The van der Waals surface area contributed by atoms with Crippen LogP contribution < -0.4 is 5.32 Å². The molecule has 0 aliphatic carbocycles. The summed E-state index contributed by atoms with van der Waals surface area (Å²) >= 11 is 7.37. The van der Waals surface area contributed by atoms with Crippen molar-refractivity contribution in [1.82, 2.24) is 5.32 Å². The maximum absolute atomic E-state index is 9.81. The molecular weight excluding hydrogens is 182 g/mol. The van der Waals surface area contributed by atoms with E-state index in [0.29, 0.717) is 18.1 Å². The predicted molar refractivity (Wildman–Crippen MR) is 46.1 cm³/mol. The summed E-state index contributed by atoms with van der Waals surface area (Å²) < 4.78 is 0. The second kappa shape index (κ2) is 2.45. The van der Waals surface area contributed by atoms with Gasteiger partial charge in [0.2, 0.25) is 0 Å². The molecule has 0 atom stereocenters. The third-order valence-electron chi connectivity index (χ3n) is 1.87. The second-order valence-electron chi connectivity index (χ2n) is 2.73. The molecule has 1 saturated heterocycles. The number of thiophene rings is 1. The molecule has 1 aliphatic heterocycles. The van der Waals surface area contributed by atoms with Crippen molar-refractivity contribution in [2.75, 3.05) is 13.1 Å². The molecule has 0 spiro atoms. The molecule has 4 heteroatoms. The SMILES string of the molecule is OC1(c2sccc2Cl)CNC1. The summed E-state index contributed by atoms with van der Waals surface area (Å²) in [7, 11) is 0. The van der Waals surface area contributed by atoms with Crippen LogP contribution in [0.1, 0.15) is 4.88 Å². The lowest BCUT2D eigenvalue weighted by molar-refractivity contribution is -0.0111. The standard InChI is InChI=1S/C7H8ClNOS/c8-5-1-2-11-6(5)7(10)3-9-4-7/h1-2,9-10H,3-4H2. The number of rotatable bonds is 1. The quantitative estimate of drug-likeness (QED) is 0.696. The summed E-state index contributed by atoms with van der Waals surface area (Å²) in [6, 6.07) is 1.82. The van der Waals surface area contributed by atoms with Gasteiger partial charge in [0, 0.05) is 13.1 Å². The maximum Gasteiger partial charge on any atom is 0.125 e. The van der Waals surface area contributed by atoms with Crippen LogP contribution in [0.5, 0.6) is 0 Å². The van der Waals surface area contributed by atoms with E-state index < -0.39 is 5.60 Å². The van der Waals surface area contributed by atoms with Gasteiger partial charge in [-0.1, -0.05) is 11.6 Å². The highest BCUT2D eigenvalue weighted by Gasteiger charge is 2.38. The van der Waals surface area contributed by atoms with Gasteiger partial charge < -0.3 is 10.4 Å². The van der Waals surface area contributed by atoms with E-state index >= 15 is 0 Å². The van der Waals surface area contributed by atoms with Crippen LogP contribution in [0.25, 0.3) is 0 Å². The van der Waals surface area contributed by atoms with E-state index in [9.17, 15) is 5.11 Å². The smallest absolute Gasteiger partial charge is 0.125 e. The van der Waals surface area contributed by atoms with Gasteiger partial charge in [-0.15, -0.1) is 11.3 Å².